The van der Waals surface area contributed by atoms with Gasteiger partial charge < -0.3 is 16.4 Å². The van der Waals surface area contributed by atoms with Crippen LogP contribution in [0.1, 0.15) is 11.1 Å². The van der Waals surface area contributed by atoms with Crippen molar-refractivity contribution < 1.29 is 0 Å². The van der Waals surface area contributed by atoms with Crippen molar-refractivity contribution in [2.75, 3.05) is 18.0 Å². The number of benzene rings is 1. The molecule has 5 heteroatoms. The Balaban J connectivity index is 2.67. The van der Waals surface area contributed by atoms with Crippen molar-refractivity contribution in [2.45, 2.75) is 13.8 Å². The summed E-state index contributed by atoms with van der Waals surface area (Å²) in [6.45, 7) is 5.21. The summed E-state index contributed by atoms with van der Waals surface area (Å²) in [5.41, 5.74) is 15.7. The smallest absolute Gasteiger partial charge is 0.170 e. The van der Waals surface area contributed by atoms with E-state index in [1.165, 1.54) is 0 Å². The summed E-state index contributed by atoms with van der Waals surface area (Å²) in [5.74, 6) is 0. The summed E-state index contributed by atoms with van der Waals surface area (Å²) in [6, 6.07) is 6.07. The maximum atomic E-state index is 5.80. The lowest BCUT2D eigenvalue weighted by atomic mass is 10.0. The van der Waals surface area contributed by atoms with Crippen LogP contribution >= 0.6 is 12.2 Å². The van der Waals surface area contributed by atoms with Gasteiger partial charge in [0.15, 0.2) is 5.11 Å². The molecule has 19 heavy (non-hydrogen) atoms. The highest BCUT2D eigenvalue weighted by Crippen LogP contribution is 2.29. The zero-order valence-corrected chi connectivity index (χ0v) is 12.0. The van der Waals surface area contributed by atoms with Gasteiger partial charge in [-0.25, -0.2) is 0 Å². The van der Waals surface area contributed by atoms with Gasteiger partial charge in [-0.15, -0.1) is 0 Å². The van der Waals surface area contributed by atoms with Crippen LogP contribution < -0.4 is 16.4 Å². The molecule has 1 aromatic heterocycles. The van der Waals surface area contributed by atoms with Crippen molar-refractivity contribution in [1.82, 2.24) is 4.98 Å². The zero-order valence-electron chi connectivity index (χ0n) is 11.2. The van der Waals surface area contributed by atoms with Gasteiger partial charge in [-0.2, -0.15) is 0 Å². The van der Waals surface area contributed by atoms with Crippen LogP contribution in [-0.2, 0) is 0 Å². The number of nitrogens with zero attached hydrogens (tertiary/aromatic N) is 2. The fourth-order valence-corrected chi connectivity index (χ4v) is 2.49. The van der Waals surface area contributed by atoms with Crippen LogP contribution in [0.2, 0.25) is 0 Å². The van der Waals surface area contributed by atoms with Crippen LogP contribution in [0, 0.1) is 13.8 Å². The minimum Gasteiger partial charge on any atom is -0.376 e. The summed E-state index contributed by atoms with van der Waals surface area (Å²) in [7, 11) is 0. The predicted molar refractivity (Wildman–Crippen MR) is 84.4 cm³/mol. The number of hydrogen-bond donors (Lipinski definition) is 2. The normalized spacial score (nSPS) is 10.7. The minimum atomic E-state index is 0.344. The first-order valence-electron chi connectivity index (χ1n) is 6.18. The molecule has 0 spiro atoms. The quantitative estimate of drug-likeness (QED) is 0.836. The number of rotatable bonds is 3. The topological polar surface area (TPSA) is 68.2 Å². The molecule has 2 rings (SSSR count). The summed E-state index contributed by atoms with van der Waals surface area (Å²) < 4.78 is 0. The molecule has 0 saturated carbocycles. The van der Waals surface area contributed by atoms with Crippen molar-refractivity contribution in [3.05, 3.63) is 35.5 Å². The molecule has 0 amide bonds. The van der Waals surface area contributed by atoms with Crippen molar-refractivity contribution in [2.24, 2.45) is 11.5 Å². The van der Waals surface area contributed by atoms with Crippen LogP contribution in [0.3, 0.4) is 0 Å². The van der Waals surface area contributed by atoms with Gasteiger partial charge >= 0.3 is 0 Å². The van der Waals surface area contributed by atoms with Gasteiger partial charge in [-0.05, 0) is 49.3 Å². The summed E-state index contributed by atoms with van der Waals surface area (Å²) in [4.78, 5) is 6.30. The van der Waals surface area contributed by atoms with Gasteiger partial charge in [0.2, 0.25) is 0 Å². The first kappa shape index (κ1) is 13.7. The molecule has 0 fully saturated rings. The molecule has 1 aromatic carbocycles. The van der Waals surface area contributed by atoms with Crippen molar-refractivity contribution in [3.63, 3.8) is 0 Å². The number of nitrogens with two attached hydrogens (primary N) is 2. The largest absolute Gasteiger partial charge is 0.376 e. The Morgan fingerprint density at radius 3 is 2.79 bits per heavy atom. The van der Waals surface area contributed by atoms with E-state index in [0.717, 1.165) is 27.7 Å². The summed E-state index contributed by atoms with van der Waals surface area (Å²) in [6.07, 6.45) is 1.81. The number of hydrogen-bond acceptors (Lipinski definition) is 3. The molecule has 0 aliphatic heterocycles. The van der Waals surface area contributed by atoms with E-state index >= 15 is 0 Å². The van der Waals surface area contributed by atoms with Crippen LogP contribution in [-0.4, -0.2) is 23.2 Å². The first-order chi connectivity index (χ1) is 9.06. The van der Waals surface area contributed by atoms with Crippen LogP contribution in [0.5, 0.6) is 0 Å². The Morgan fingerprint density at radius 2 is 2.16 bits per heavy atom. The molecule has 4 nitrogen and oxygen atoms in total. The van der Waals surface area contributed by atoms with E-state index in [1.54, 1.807) is 6.20 Å². The number of aromatic nitrogens is 1. The molecule has 2 aromatic rings. The summed E-state index contributed by atoms with van der Waals surface area (Å²) in [5, 5.41) is 1.46. The third-order valence-corrected chi connectivity index (χ3v) is 3.45. The lowest BCUT2D eigenvalue weighted by molar-refractivity contribution is 0.940. The van der Waals surface area contributed by atoms with Gasteiger partial charge in [-0.3, -0.25) is 4.98 Å². The predicted octanol–water partition coefficient (Wildman–Crippen LogP) is 1.86. The third kappa shape index (κ3) is 2.52. The molecule has 100 valence electrons. The van der Waals surface area contributed by atoms with Gasteiger partial charge in [0.1, 0.15) is 0 Å². The third-order valence-electron chi connectivity index (χ3n) is 3.23. The molecule has 0 aliphatic rings. The van der Waals surface area contributed by atoms with E-state index in [0.29, 0.717) is 18.2 Å². The van der Waals surface area contributed by atoms with Crippen molar-refractivity contribution in [3.8, 4) is 0 Å². The average Bonchev–Trinajstić information content (AvgIpc) is 2.40. The molecule has 0 unspecified atom stereocenters. The SMILES string of the molecule is Cc1c(N(CCN)C(N)=S)cc(C)c2ncccc12. The van der Waals surface area contributed by atoms with Gasteiger partial charge in [0.05, 0.1) is 5.52 Å². The van der Waals surface area contributed by atoms with Crippen LogP contribution in [0.4, 0.5) is 5.69 Å². The maximum Gasteiger partial charge on any atom is 0.170 e. The Kier molecular flexibility index (Phi) is 3.97. The van der Waals surface area contributed by atoms with Crippen molar-refractivity contribution in [1.29, 1.82) is 0 Å². The molecule has 0 radical (unpaired) electrons. The van der Waals surface area contributed by atoms with E-state index in [-0.39, 0.29) is 0 Å². The molecule has 0 bridgehead atoms. The second-order valence-electron chi connectivity index (χ2n) is 4.52. The Morgan fingerprint density at radius 1 is 1.42 bits per heavy atom. The highest BCUT2D eigenvalue weighted by atomic mass is 32.1. The number of anilines is 1. The number of pyridine rings is 1. The number of aryl methyl sites for hydroxylation is 2. The fraction of sp³-hybridized carbons (Fsp3) is 0.286. The molecule has 1 heterocycles. The maximum absolute atomic E-state index is 5.80. The number of fused-ring (bicyclic) bond motifs is 1. The van der Waals surface area contributed by atoms with E-state index in [4.69, 9.17) is 23.7 Å². The lowest BCUT2D eigenvalue weighted by Crippen LogP contribution is -2.39. The number of thiocarbonyl (C=S) groups is 1. The Labute approximate surface area is 118 Å². The second-order valence-corrected chi connectivity index (χ2v) is 4.93. The van der Waals surface area contributed by atoms with E-state index in [9.17, 15) is 0 Å². The molecule has 0 atom stereocenters. The highest BCUT2D eigenvalue weighted by Gasteiger charge is 2.15. The zero-order chi connectivity index (χ0) is 14.0. The van der Waals surface area contributed by atoms with Gasteiger partial charge in [0.25, 0.3) is 0 Å². The average molecular weight is 274 g/mol. The Hall–Kier alpha value is -1.72. The lowest BCUT2D eigenvalue weighted by Gasteiger charge is -2.25. The van der Waals surface area contributed by atoms with Crippen LogP contribution in [0.25, 0.3) is 10.9 Å². The highest BCUT2D eigenvalue weighted by molar-refractivity contribution is 7.80. The molecular formula is C14H18N4S. The molecule has 0 aliphatic carbocycles. The van der Waals surface area contributed by atoms with E-state index in [1.807, 2.05) is 17.9 Å². The van der Waals surface area contributed by atoms with E-state index < -0.39 is 0 Å². The standard InChI is InChI=1S/C14H18N4S/c1-9-8-12(18(7-5-15)14(16)19)10(2)11-4-3-6-17-13(9)11/h3-4,6,8H,5,7,15H2,1-2H3,(H2,16,19). The fourth-order valence-electron chi connectivity index (χ4n) is 2.30. The monoisotopic (exact) mass is 274 g/mol. The second kappa shape index (κ2) is 5.50. The summed E-state index contributed by atoms with van der Waals surface area (Å²) >= 11 is 5.12. The molecule has 0 saturated heterocycles. The van der Waals surface area contributed by atoms with Gasteiger partial charge in [-0.1, -0.05) is 6.07 Å². The molecular weight excluding hydrogens is 256 g/mol. The Bertz CT molecular complexity index is 624. The van der Waals surface area contributed by atoms with Crippen molar-refractivity contribution >= 4 is 33.9 Å². The van der Waals surface area contributed by atoms with E-state index in [2.05, 4.69) is 24.0 Å². The van der Waals surface area contributed by atoms with Crippen LogP contribution in [0.15, 0.2) is 24.4 Å². The first-order valence-corrected chi connectivity index (χ1v) is 6.59. The van der Waals surface area contributed by atoms with Gasteiger partial charge in [0, 0.05) is 30.4 Å². The minimum absolute atomic E-state index is 0.344. The molecule has 4 N–H and O–H groups in total.